The first kappa shape index (κ1) is 15.9. The van der Waals surface area contributed by atoms with Gasteiger partial charge in [-0.05, 0) is 42.3 Å². The van der Waals surface area contributed by atoms with Crippen LogP contribution >= 0.6 is 0 Å². The molecule has 3 rings (SSSR count). The SMILES string of the molecule is CCCc1ccc(-c2ccc(C(=O)Oc3ccccc3)cc2)nc1. The number of aryl methyl sites for hydroxylation is 1. The predicted octanol–water partition coefficient (Wildman–Crippen LogP) is 4.92. The zero-order valence-corrected chi connectivity index (χ0v) is 13.6. The van der Waals surface area contributed by atoms with Gasteiger partial charge in [-0.3, -0.25) is 4.98 Å². The number of carbonyl (C=O) groups excluding carboxylic acids is 1. The molecule has 0 spiro atoms. The molecule has 0 saturated carbocycles. The van der Waals surface area contributed by atoms with Crippen LogP contribution < -0.4 is 4.74 Å². The van der Waals surface area contributed by atoms with Gasteiger partial charge in [-0.25, -0.2) is 4.79 Å². The second-order valence-electron chi connectivity index (χ2n) is 5.58. The molecule has 0 aliphatic heterocycles. The first-order valence-corrected chi connectivity index (χ1v) is 8.09. The molecule has 3 heteroatoms. The van der Waals surface area contributed by atoms with Gasteiger partial charge < -0.3 is 4.74 Å². The first-order chi connectivity index (χ1) is 11.8. The van der Waals surface area contributed by atoms with Crippen LogP contribution in [0, 0.1) is 0 Å². The monoisotopic (exact) mass is 317 g/mol. The highest BCUT2D eigenvalue weighted by Gasteiger charge is 2.09. The second kappa shape index (κ2) is 7.55. The summed E-state index contributed by atoms with van der Waals surface area (Å²) in [5, 5.41) is 0. The van der Waals surface area contributed by atoms with Crippen molar-refractivity contribution >= 4 is 5.97 Å². The molecule has 0 N–H and O–H groups in total. The highest BCUT2D eigenvalue weighted by molar-refractivity contribution is 5.91. The fourth-order valence-electron chi connectivity index (χ4n) is 2.46. The fourth-order valence-corrected chi connectivity index (χ4v) is 2.46. The lowest BCUT2D eigenvalue weighted by Crippen LogP contribution is -2.08. The summed E-state index contributed by atoms with van der Waals surface area (Å²) in [5.74, 6) is 0.179. The molecule has 0 amide bonds. The van der Waals surface area contributed by atoms with Crippen molar-refractivity contribution < 1.29 is 9.53 Å². The third-order valence-corrected chi connectivity index (χ3v) is 3.73. The maximum absolute atomic E-state index is 12.1. The summed E-state index contributed by atoms with van der Waals surface area (Å²) >= 11 is 0. The lowest BCUT2D eigenvalue weighted by atomic mass is 10.1. The van der Waals surface area contributed by atoms with E-state index in [9.17, 15) is 4.79 Å². The third-order valence-electron chi connectivity index (χ3n) is 3.73. The van der Waals surface area contributed by atoms with E-state index >= 15 is 0 Å². The van der Waals surface area contributed by atoms with Gasteiger partial charge in [0.25, 0.3) is 0 Å². The summed E-state index contributed by atoms with van der Waals surface area (Å²) < 4.78 is 5.33. The van der Waals surface area contributed by atoms with Gasteiger partial charge in [0.2, 0.25) is 0 Å². The molecule has 0 fully saturated rings. The van der Waals surface area contributed by atoms with E-state index in [0.29, 0.717) is 11.3 Å². The second-order valence-corrected chi connectivity index (χ2v) is 5.58. The van der Waals surface area contributed by atoms with E-state index in [2.05, 4.69) is 18.0 Å². The van der Waals surface area contributed by atoms with Crippen LogP contribution in [0.15, 0.2) is 72.9 Å². The predicted molar refractivity (Wildman–Crippen MR) is 95.1 cm³/mol. The Morgan fingerprint density at radius 1 is 0.958 bits per heavy atom. The lowest BCUT2D eigenvalue weighted by molar-refractivity contribution is 0.0735. The molecular formula is C21H19NO2. The number of hydrogen-bond acceptors (Lipinski definition) is 3. The molecule has 3 aromatic rings. The average Bonchev–Trinajstić information content (AvgIpc) is 2.64. The molecule has 0 aliphatic rings. The van der Waals surface area contributed by atoms with Gasteiger partial charge in [0.15, 0.2) is 0 Å². The Morgan fingerprint density at radius 2 is 1.71 bits per heavy atom. The van der Waals surface area contributed by atoms with Gasteiger partial charge in [0.05, 0.1) is 11.3 Å². The Bertz CT molecular complexity index is 794. The highest BCUT2D eigenvalue weighted by Crippen LogP contribution is 2.19. The van der Waals surface area contributed by atoms with Crippen molar-refractivity contribution in [2.75, 3.05) is 0 Å². The van der Waals surface area contributed by atoms with Crippen LogP contribution in [0.25, 0.3) is 11.3 Å². The molecule has 0 atom stereocenters. The molecule has 3 nitrogen and oxygen atoms in total. The Labute approximate surface area is 142 Å². The molecule has 120 valence electrons. The van der Waals surface area contributed by atoms with Gasteiger partial charge in [-0.15, -0.1) is 0 Å². The molecule has 0 unspecified atom stereocenters. The molecule has 1 aromatic heterocycles. The van der Waals surface area contributed by atoms with E-state index in [4.69, 9.17) is 4.74 Å². The van der Waals surface area contributed by atoms with E-state index in [1.807, 2.05) is 42.6 Å². The van der Waals surface area contributed by atoms with Crippen molar-refractivity contribution in [3.8, 4) is 17.0 Å². The molecule has 1 heterocycles. The number of carbonyl (C=O) groups is 1. The molecule has 0 saturated heterocycles. The number of benzene rings is 2. The molecular weight excluding hydrogens is 298 g/mol. The van der Waals surface area contributed by atoms with Crippen molar-refractivity contribution in [2.24, 2.45) is 0 Å². The summed E-state index contributed by atoms with van der Waals surface area (Å²) in [7, 11) is 0. The normalized spacial score (nSPS) is 10.4. The summed E-state index contributed by atoms with van der Waals surface area (Å²) in [6.45, 7) is 2.15. The summed E-state index contributed by atoms with van der Waals surface area (Å²) in [4.78, 5) is 16.6. The van der Waals surface area contributed by atoms with Crippen LogP contribution in [0.3, 0.4) is 0 Å². The highest BCUT2D eigenvalue weighted by atomic mass is 16.5. The Morgan fingerprint density at radius 3 is 2.33 bits per heavy atom. The largest absolute Gasteiger partial charge is 0.423 e. The van der Waals surface area contributed by atoms with Crippen molar-refractivity contribution in [1.29, 1.82) is 0 Å². The maximum Gasteiger partial charge on any atom is 0.343 e. The first-order valence-electron chi connectivity index (χ1n) is 8.09. The maximum atomic E-state index is 12.1. The van der Waals surface area contributed by atoms with Crippen molar-refractivity contribution in [3.63, 3.8) is 0 Å². The van der Waals surface area contributed by atoms with Gasteiger partial charge in [-0.2, -0.15) is 0 Å². The van der Waals surface area contributed by atoms with Crippen LogP contribution in [-0.2, 0) is 6.42 Å². The van der Waals surface area contributed by atoms with E-state index in [1.54, 1.807) is 24.3 Å². The number of aromatic nitrogens is 1. The fraction of sp³-hybridized carbons (Fsp3) is 0.143. The Hall–Kier alpha value is -2.94. The number of esters is 1. The zero-order valence-electron chi connectivity index (χ0n) is 13.6. The Kier molecular flexibility index (Phi) is 5.02. The van der Waals surface area contributed by atoms with E-state index in [1.165, 1.54) is 5.56 Å². The number of para-hydroxylation sites is 1. The van der Waals surface area contributed by atoms with Crippen molar-refractivity contribution in [1.82, 2.24) is 4.98 Å². The Balaban J connectivity index is 1.71. The number of pyridine rings is 1. The van der Waals surface area contributed by atoms with E-state index in [0.717, 1.165) is 24.1 Å². The smallest absolute Gasteiger partial charge is 0.343 e. The van der Waals surface area contributed by atoms with Crippen LogP contribution in [-0.4, -0.2) is 11.0 Å². The number of nitrogens with zero attached hydrogens (tertiary/aromatic N) is 1. The van der Waals surface area contributed by atoms with Crippen molar-refractivity contribution in [3.05, 3.63) is 84.1 Å². The number of hydrogen-bond donors (Lipinski definition) is 0. The van der Waals surface area contributed by atoms with Gasteiger partial charge in [0.1, 0.15) is 5.75 Å². The molecule has 0 radical (unpaired) electrons. The third kappa shape index (κ3) is 3.87. The number of ether oxygens (including phenoxy) is 1. The zero-order chi connectivity index (χ0) is 16.8. The van der Waals surface area contributed by atoms with Crippen LogP contribution in [0.4, 0.5) is 0 Å². The topological polar surface area (TPSA) is 39.2 Å². The van der Waals surface area contributed by atoms with Gasteiger partial charge >= 0.3 is 5.97 Å². The minimum atomic E-state index is -0.362. The van der Waals surface area contributed by atoms with Crippen LogP contribution in [0.1, 0.15) is 29.3 Å². The minimum absolute atomic E-state index is 0.362. The molecule has 0 aliphatic carbocycles. The quantitative estimate of drug-likeness (QED) is 0.495. The molecule has 24 heavy (non-hydrogen) atoms. The minimum Gasteiger partial charge on any atom is -0.423 e. The van der Waals surface area contributed by atoms with Crippen LogP contribution in [0.5, 0.6) is 5.75 Å². The average molecular weight is 317 g/mol. The molecule has 0 bridgehead atoms. The summed E-state index contributed by atoms with van der Waals surface area (Å²) in [5.41, 5.74) is 3.64. The summed E-state index contributed by atoms with van der Waals surface area (Å²) in [6, 6.07) is 20.5. The van der Waals surface area contributed by atoms with Gasteiger partial charge in [0, 0.05) is 11.8 Å². The summed E-state index contributed by atoms with van der Waals surface area (Å²) in [6.07, 6.45) is 4.06. The van der Waals surface area contributed by atoms with E-state index < -0.39 is 0 Å². The van der Waals surface area contributed by atoms with Crippen molar-refractivity contribution in [2.45, 2.75) is 19.8 Å². The lowest BCUT2D eigenvalue weighted by Gasteiger charge is -2.06. The van der Waals surface area contributed by atoms with E-state index in [-0.39, 0.29) is 5.97 Å². The van der Waals surface area contributed by atoms with Crippen LogP contribution in [0.2, 0.25) is 0 Å². The number of rotatable bonds is 5. The standard InChI is InChI=1S/C21H19NO2/c1-2-6-16-9-14-20(22-15-16)17-10-12-18(13-11-17)21(23)24-19-7-4-3-5-8-19/h3-5,7-15H,2,6H2,1H3. The molecule has 2 aromatic carbocycles. The van der Waals surface area contributed by atoms with Gasteiger partial charge in [-0.1, -0.05) is 49.7 Å².